The second-order valence-electron chi connectivity index (χ2n) is 3.89. The molecule has 0 saturated carbocycles. The van der Waals surface area contributed by atoms with Crippen molar-refractivity contribution in [2.45, 2.75) is 6.42 Å². The van der Waals surface area contributed by atoms with E-state index in [-0.39, 0.29) is 28.5 Å². The van der Waals surface area contributed by atoms with Crippen LogP contribution < -0.4 is 0 Å². The molecule has 0 fully saturated rings. The van der Waals surface area contributed by atoms with Crippen molar-refractivity contribution in [3.63, 3.8) is 0 Å². The van der Waals surface area contributed by atoms with Gasteiger partial charge in [0.2, 0.25) is 0 Å². The van der Waals surface area contributed by atoms with Gasteiger partial charge < -0.3 is 5.11 Å². The number of phenols is 1. The Kier molecular flexibility index (Phi) is 3.63. The van der Waals surface area contributed by atoms with Crippen molar-refractivity contribution in [1.82, 2.24) is 0 Å². The third-order valence-corrected chi connectivity index (χ3v) is 2.77. The molecule has 0 atom stereocenters. The van der Waals surface area contributed by atoms with Gasteiger partial charge in [-0.15, -0.1) is 0 Å². The van der Waals surface area contributed by atoms with E-state index in [0.29, 0.717) is 5.56 Å². The van der Waals surface area contributed by atoms with E-state index in [2.05, 4.69) is 0 Å². The molecule has 1 N–H and O–H groups in total. The van der Waals surface area contributed by atoms with Gasteiger partial charge in [0.15, 0.2) is 5.78 Å². The van der Waals surface area contributed by atoms with Crippen LogP contribution >= 0.6 is 11.6 Å². The Morgan fingerprint density at radius 1 is 1.17 bits per heavy atom. The maximum absolute atomic E-state index is 13.5. The molecule has 0 aliphatic carbocycles. The van der Waals surface area contributed by atoms with Gasteiger partial charge in [-0.25, -0.2) is 4.39 Å². The van der Waals surface area contributed by atoms with E-state index >= 15 is 0 Å². The van der Waals surface area contributed by atoms with Crippen LogP contribution in [-0.4, -0.2) is 10.9 Å². The third-order valence-electron chi connectivity index (χ3n) is 2.53. The third kappa shape index (κ3) is 2.87. The molecule has 0 saturated heterocycles. The summed E-state index contributed by atoms with van der Waals surface area (Å²) in [7, 11) is 0. The van der Waals surface area contributed by atoms with Crippen molar-refractivity contribution < 1.29 is 14.3 Å². The summed E-state index contributed by atoms with van der Waals surface area (Å²) in [4.78, 5) is 11.9. The van der Waals surface area contributed by atoms with Crippen LogP contribution in [-0.2, 0) is 6.42 Å². The molecule has 2 aromatic carbocycles. The summed E-state index contributed by atoms with van der Waals surface area (Å²) in [5, 5.41) is 9.38. The van der Waals surface area contributed by atoms with Gasteiger partial charge in [0.25, 0.3) is 0 Å². The summed E-state index contributed by atoms with van der Waals surface area (Å²) >= 11 is 5.62. The first-order valence-corrected chi connectivity index (χ1v) is 5.70. The molecular weight excluding hydrogens is 255 g/mol. The number of benzene rings is 2. The second kappa shape index (κ2) is 5.19. The quantitative estimate of drug-likeness (QED) is 0.860. The molecular formula is C14H10ClFO2. The molecule has 0 bridgehead atoms. The Balaban J connectivity index is 2.19. The summed E-state index contributed by atoms with van der Waals surface area (Å²) in [6.45, 7) is 0. The zero-order valence-electron chi connectivity index (χ0n) is 9.36. The second-order valence-corrected chi connectivity index (χ2v) is 4.33. The highest BCUT2D eigenvalue weighted by molar-refractivity contribution is 6.30. The number of phenolic OH excluding ortho intramolecular Hbond substituents is 1. The lowest BCUT2D eigenvalue weighted by molar-refractivity contribution is 0.0989. The summed E-state index contributed by atoms with van der Waals surface area (Å²) in [6, 6.07) is 10.2. The van der Waals surface area contributed by atoms with Crippen LogP contribution in [0.25, 0.3) is 0 Å². The fourth-order valence-electron chi connectivity index (χ4n) is 1.61. The maximum atomic E-state index is 13.5. The molecule has 0 heterocycles. The van der Waals surface area contributed by atoms with Gasteiger partial charge in [0.05, 0.1) is 5.56 Å². The van der Waals surface area contributed by atoms with E-state index in [1.807, 2.05) is 0 Å². The number of carbonyl (C=O) groups excluding carboxylic acids is 1. The molecule has 0 aromatic heterocycles. The molecule has 0 aliphatic heterocycles. The summed E-state index contributed by atoms with van der Waals surface area (Å²) < 4.78 is 13.5. The van der Waals surface area contributed by atoms with Crippen molar-refractivity contribution in [1.29, 1.82) is 0 Å². The van der Waals surface area contributed by atoms with Gasteiger partial charge in [-0.1, -0.05) is 23.7 Å². The van der Waals surface area contributed by atoms with E-state index in [1.165, 1.54) is 24.3 Å². The highest BCUT2D eigenvalue weighted by Crippen LogP contribution is 2.17. The zero-order chi connectivity index (χ0) is 13.1. The van der Waals surface area contributed by atoms with Gasteiger partial charge in [-0.2, -0.15) is 0 Å². The van der Waals surface area contributed by atoms with E-state index in [4.69, 9.17) is 16.7 Å². The molecule has 4 heteroatoms. The van der Waals surface area contributed by atoms with Crippen molar-refractivity contribution in [2.24, 2.45) is 0 Å². The molecule has 0 amide bonds. The average Bonchev–Trinajstić information content (AvgIpc) is 2.32. The van der Waals surface area contributed by atoms with Gasteiger partial charge >= 0.3 is 0 Å². The fraction of sp³-hybridized carbons (Fsp3) is 0.0714. The number of hydrogen-bond donors (Lipinski definition) is 1. The average molecular weight is 265 g/mol. The Hall–Kier alpha value is -1.87. The number of ketones is 1. The van der Waals surface area contributed by atoms with Crippen LogP contribution in [0, 0.1) is 5.82 Å². The van der Waals surface area contributed by atoms with Gasteiger partial charge in [-0.05, 0) is 35.9 Å². The van der Waals surface area contributed by atoms with Crippen LogP contribution in [0.4, 0.5) is 4.39 Å². The Morgan fingerprint density at radius 3 is 2.44 bits per heavy atom. The van der Waals surface area contributed by atoms with Crippen molar-refractivity contribution >= 4 is 17.4 Å². The van der Waals surface area contributed by atoms with Crippen LogP contribution in [0.5, 0.6) is 5.75 Å². The lowest BCUT2D eigenvalue weighted by Gasteiger charge is -2.03. The molecule has 0 spiro atoms. The number of carbonyl (C=O) groups is 1. The highest BCUT2D eigenvalue weighted by Gasteiger charge is 2.12. The lowest BCUT2D eigenvalue weighted by Crippen LogP contribution is -2.06. The molecule has 18 heavy (non-hydrogen) atoms. The zero-order valence-corrected chi connectivity index (χ0v) is 10.1. The molecule has 0 aliphatic rings. The van der Waals surface area contributed by atoms with E-state index < -0.39 is 5.82 Å². The number of halogens is 2. The fourth-order valence-corrected chi connectivity index (χ4v) is 1.77. The topological polar surface area (TPSA) is 37.3 Å². The SMILES string of the molecule is O=C(Cc1ccc(O)cc1)c1ccc(Cl)cc1F. The van der Waals surface area contributed by atoms with Gasteiger partial charge in [0, 0.05) is 11.4 Å². The number of rotatable bonds is 3. The van der Waals surface area contributed by atoms with E-state index in [1.54, 1.807) is 12.1 Å². The molecule has 2 nitrogen and oxygen atoms in total. The van der Waals surface area contributed by atoms with Gasteiger partial charge in [-0.3, -0.25) is 4.79 Å². The standard InChI is InChI=1S/C14H10ClFO2/c15-10-3-6-12(13(16)8-10)14(18)7-9-1-4-11(17)5-2-9/h1-6,8,17H,7H2. The largest absolute Gasteiger partial charge is 0.508 e. The minimum Gasteiger partial charge on any atom is -0.508 e. The molecule has 2 rings (SSSR count). The first kappa shape index (κ1) is 12.6. The molecule has 0 radical (unpaired) electrons. The highest BCUT2D eigenvalue weighted by atomic mass is 35.5. The van der Waals surface area contributed by atoms with Crippen LogP contribution in [0.3, 0.4) is 0 Å². The number of hydrogen-bond acceptors (Lipinski definition) is 2. The monoisotopic (exact) mass is 264 g/mol. The van der Waals surface area contributed by atoms with Crippen LogP contribution in [0.2, 0.25) is 5.02 Å². The first-order chi connectivity index (χ1) is 8.56. The first-order valence-electron chi connectivity index (χ1n) is 5.32. The molecule has 2 aromatic rings. The predicted octanol–water partition coefficient (Wildman–Crippen LogP) is 3.61. The van der Waals surface area contributed by atoms with Crippen LogP contribution in [0.15, 0.2) is 42.5 Å². The molecule has 0 unspecified atom stereocenters. The smallest absolute Gasteiger partial charge is 0.170 e. The Labute approximate surface area is 109 Å². The normalized spacial score (nSPS) is 10.3. The summed E-state index contributed by atoms with van der Waals surface area (Å²) in [6.07, 6.45) is 0.0822. The summed E-state index contributed by atoms with van der Waals surface area (Å²) in [5.41, 5.74) is 0.736. The Bertz CT molecular complexity index is 579. The van der Waals surface area contributed by atoms with Crippen molar-refractivity contribution in [2.75, 3.05) is 0 Å². The van der Waals surface area contributed by atoms with Crippen molar-refractivity contribution in [3.05, 3.63) is 64.4 Å². The van der Waals surface area contributed by atoms with Crippen molar-refractivity contribution in [3.8, 4) is 5.75 Å². The lowest BCUT2D eigenvalue weighted by atomic mass is 10.0. The predicted molar refractivity (Wildman–Crippen MR) is 67.6 cm³/mol. The number of Topliss-reactive ketones (excluding diaryl/α,β-unsaturated/α-hetero) is 1. The van der Waals surface area contributed by atoms with Crippen LogP contribution in [0.1, 0.15) is 15.9 Å². The maximum Gasteiger partial charge on any atom is 0.170 e. The van der Waals surface area contributed by atoms with E-state index in [9.17, 15) is 9.18 Å². The molecule has 92 valence electrons. The summed E-state index contributed by atoms with van der Waals surface area (Å²) in [5.74, 6) is -0.815. The minimum absolute atomic E-state index is 0.0208. The minimum atomic E-state index is -0.619. The Morgan fingerprint density at radius 2 is 1.83 bits per heavy atom. The number of aromatic hydroxyl groups is 1. The van der Waals surface area contributed by atoms with Gasteiger partial charge in [0.1, 0.15) is 11.6 Å². The van der Waals surface area contributed by atoms with E-state index in [0.717, 1.165) is 6.07 Å².